The molecule has 0 amide bonds. The molecule has 0 heterocycles. The first-order valence-corrected chi connectivity index (χ1v) is 4.00. The van der Waals surface area contributed by atoms with Crippen molar-refractivity contribution in [1.82, 2.24) is 0 Å². The molecule has 2 atom stereocenters. The van der Waals surface area contributed by atoms with Crippen LogP contribution < -0.4 is 5.73 Å². The molecule has 0 aromatic rings. The SMILES string of the molecule is COC(C[C@H](N)C(=O)O)C(C)C. The molecule has 0 aromatic carbocycles. The quantitative estimate of drug-likeness (QED) is 0.636. The van der Waals surface area contributed by atoms with Crippen molar-refractivity contribution in [2.75, 3.05) is 7.11 Å². The van der Waals surface area contributed by atoms with Gasteiger partial charge in [0.1, 0.15) is 6.04 Å². The third-order valence-corrected chi connectivity index (χ3v) is 1.85. The standard InChI is InChI=1S/C8H17NO3/c1-5(2)7(12-3)4-6(9)8(10)11/h5-7H,4,9H2,1-3H3,(H,10,11)/t6-,7?/m0/s1. The van der Waals surface area contributed by atoms with E-state index < -0.39 is 12.0 Å². The Labute approximate surface area is 72.7 Å². The summed E-state index contributed by atoms with van der Waals surface area (Å²) in [6.07, 6.45) is 0.292. The number of nitrogens with two attached hydrogens (primary N) is 1. The van der Waals surface area contributed by atoms with Crippen molar-refractivity contribution in [3.8, 4) is 0 Å². The number of rotatable bonds is 5. The van der Waals surface area contributed by atoms with Crippen molar-refractivity contribution in [3.63, 3.8) is 0 Å². The zero-order chi connectivity index (χ0) is 9.72. The highest BCUT2D eigenvalue weighted by Gasteiger charge is 2.20. The van der Waals surface area contributed by atoms with Crippen LogP contribution in [0.3, 0.4) is 0 Å². The highest BCUT2D eigenvalue weighted by molar-refractivity contribution is 5.73. The predicted molar refractivity (Wildman–Crippen MR) is 45.9 cm³/mol. The zero-order valence-corrected chi connectivity index (χ0v) is 7.78. The van der Waals surface area contributed by atoms with E-state index in [2.05, 4.69) is 0 Å². The van der Waals surface area contributed by atoms with Gasteiger partial charge in [-0.3, -0.25) is 4.79 Å². The molecule has 0 saturated carbocycles. The Hall–Kier alpha value is -0.610. The molecule has 72 valence electrons. The predicted octanol–water partition coefficient (Wildman–Crippen LogP) is 0.459. The molecule has 0 aliphatic heterocycles. The van der Waals surface area contributed by atoms with E-state index in [0.29, 0.717) is 12.3 Å². The number of hydrogen-bond acceptors (Lipinski definition) is 3. The number of carbonyl (C=O) groups is 1. The van der Waals surface area contributed by atoms with Crippen molar-refractivity contribution in [2.45, 2.75) is 32.4 Å². The van der Waals surface area contributed by atoms with Gasteiger partial charge in [-0.25, -0.2) is 0 Å². The Morgan fingerprint density at radius 2 is 2.08 bits per heavy atom. The highest BCUT2D eigenvalue weighted by Crippen LogP contribution is 2.11. The summed E-state index contributed by atoms with van der Waals surface area (Å²) in [6.45, 7) is 3.95. The molecule has 0 spiro atoms. The maximum atomic E-state index is 10.4. The van der Waals surface area contributed by atoms with Gasteiger partial charge >= 0.3 is 5.97 Å². The molecular formula is C8H17NO3. The zero-order valence-electron chi connectivity index (χ0n) is 7.78. The van der Waals surface area contributed by atoms with Gasteiger partial charge in [-0.2, -0.15) is 0 Å². The molecule has 0 aliphatic carbocycles. The summed E-state index contributed by atoms with van der Waals surface area (Å²) >= 11 is 0. The first kappa shape index (κ1) is 11.4. The molecule has 3 N–H and O–H groups in total. The van der Waals surface area contributed by atoms with E-state index in [4.69, 9.17) is 15.6 Å². The number of ether oxygens (including phenoxy) is 1. The molecule has 1 unspecified atom stereocenters. The van der Waals surface area contributed by atoms with Crippen molar-refractivity contribution in [1.29, 1.82) is 0 Å². The van der Waals surface area contributed by atoms with Gasteiger partial charge in [-0.05, 0) is 12.3 Å². The molecule has 0 rings (SSSR count). The summed E-state index contributed by atoms with van der Waals surface area (Å²) in [4.78, 5) is 10.4. The van der Waals surface area contributed by atoms with Crippen molar-refractivity contribution in [3.05, 3.63) is 0 Å². The van der Waals surface area contributed by atoms with Crippen LogP contribution in [-0.4, -0.2) is 30.3 Å². The van der Waals surface area contributed by atoms with Gasteiger partial charge < -0.3 is 15.6 Å². The third-order valence-electron chi connectivity index (χ3n) is 1.85. The lowest BCUT2D eigenvalue weighted by atomic mass is 10.00. The lowest BCUT2D eigenvalue weighted by molar-refractivity contribution is -0.139. The Balaban J connectivity index is 3.93. The van der Waals surface area contributed by atoms with E-state index in [-0.39, 0.29) is 6.10 Å². The minimum absolute atomic E-state index is 0.0731. The molecule has 4 heteroatoms. The van der Waals surface area contributed by atoms with E-state index in [1.807, 2.05) is 13.8 Å². The molecule has 0 aromatic heterocycles. The average Bonchev–Trinajstić information content (AvgIpc) is 1.98. The monoisotopic (exact) mass is 175 g/mol. The fourth-order valence-corrected chi connectivity index (χ4v) is 0.992. The first-order valence-electron chi connectivity index (χ1n) is 4.00. The van der Waals surface area contributed by atoms with E-state index in [9.17, 15) is 4.79 Å². The molecule has 0 radical (unpaired) electrons. The van der Waals surface area contributed by atoms with E-state index in [0.717, 1.165) is 0 Å². The molecule has 4 nitrogen and oxygen atoms in total. The second kappa shape index (κ2) is 5.11. The fraction of sp³-hybridized carbons (Fsp3) is 0.875. The van der Waals surface area contributed by atoms with Gasteiger partial charge in [-0.15, -0.1) is 0 Å². The topological polar surface area (TPSA) is 72.5 Å². The normalized spacial score (nSPS) is 16.1. The first-order chi connectivity index (χ1) is 5.49. The Bertz CT molecular complexity index is 147. The molecule has 12 heavy (non-hydrogen) atoms. The van der Waals surface area contributed by atoms with Gasteiger partial charge in [0.25, 0.3) is 0 Å². The lowest BCUT2D eigenvalue weighted by Crippen LogP contribution is -2.36. The van der Waals surface area contributed by atoms with Crippen molar-refractivity contribution < 1.29 is 14.6 Å². The van der Waals surface area contributed by atoms with E-state index in [1.54, 1.807) is 7.11 Å². The minimum Gasteiger partial charge on any atom is -0.480 e. The highest BCUT2D eigenvalue weighted by atomic mass is 16.5. The molecular weight excluding hydrogens is 158 g/mol. The number of carboxylic acid groups (broad SMARTS) is 1. The molecule has 0 bridgehead atoms. The minimum atomic E-state index is -0.974. The fourth-order valence-electron chi connectivity index (χ4n) is 0.992. The van der Waals surface area contributed by atoms with Crippen LogP contribution in [0.5, 0.6) is 0 Å². The summed E-state index contributed by atoms with van der Waals surface area (Å²) in [5.74, 6) is -0.682. The Morgan fingerprint density at radius 1 is 1.58 bits per heavy atom. The molecule has 0 fully saturated rings. The number of hydrogen-bond donors (Lipinski definition) is 2. The van der Waals surface area contributed by atoms with Crippen LogP contribution in [0, 0.1) is 5.92 Å². The van der Waals surface area contributed by atoms with Crippen molar-refractivity contribution >= 4 is 5.97 Å². The second-order valence-corrected chi connectivity index (χ2v) is 3.20. The van der Waals surface area contributed by atoms with E-state index in [1.165, 1.54) is 0 Å². The van der Waals surface area contributed by atoms with Crippen LogP contribution in [0.1, 0.15) is 20.3 Å². The maximum Gasteiger partial charge on any atom is 0.320 e. The van der Waals surface area contributed by atoms with Gasteiger partial charge in [0.2, 0.25) is 0 Å². The Kier molecular flexibility index (Phi) is 4.85. The largest absolute Gasteiger partial charge is 0.480 e. The lowest BCUT2D eigenvalue weighted by Gasteiger charge is -2.20. The van der Waals surface area contributed by atoms with Crippen LogP contribution in [-0.2, 0) is 9.53 Å². The summed E-state index contributed by atoms with van der Waals surface area (Å²) in [5.41, 5.74) is 5.35. The van der Waals surface area contributed by atoms with E-state index >= 15 is 0 Å². The summed E-state index contributed by atoms with van der Waals surface area (Å²) in [7, 11) is 1.57. The van der Waals surface area contributed by atoms with Crippen LogP contribution in [0.15, 0.2) is 0 Å². The van der Waals surface area contributed by atoms with Gasteiger partial charge in [0, 0.05) is 7.11 Å². The third kappa shape index (κ3) is 3.69. The summed E-state index contributed by atoms with van der Waals surface area (Å²) in [6, 6.07) is -0.822. The smallest absolute Gasteiger partial charge is 0.320 e. The number of methoxy groups -OCH3 is 1. The number of aliphatic carboxylic acids is 1. The molecule has 0 saturated heterocycles. The van der Waals surface area contributed by atoms with Crippen LogP contribution in [0.25, 0.3) is 0 Å². The van der Waals surface area contributed by atoms with Crippen LogP contribution in [0.4, 0.5) is 0 Å². The summed E-state index contributed by atoms with van der Waals surface area (Å²) in [5, 5.41) is 8.53. The van der Waals surface area contributed by atoms with Crippen molar-refractivity contribution in [2.24, 2.45) is 11.7 Å². The average molecular weight is 175 g/mol. The molecule has 0 aliphatic rings. The maximum absolute atomic E-state index is 10.4. The van der Waals surface area contributed by atoms with Gasteiger partial charge in [0.05, 0.1) is 6.10 Å². The van der Waals surface area contributed by atoms with Crippen LogP contribution >= 0.6 is 0 Å². The summed E-state index contributed by atoms with van der Waals surface area (Å²) < 4.78 is 5.09. The second-order valence-electron chi connectivity index (χ2n) is 3.20. The Morgan fingerprint density at radius 3 is 2.33 bits per heavy atom. The van der Waals surface area contributed by atoms with Gasteiger partial charge in [-0.1, -0.05) is 13.8 Å². The number of carboxylic acids is 1. The van der Waals surface area contributed by atoms with Gasteiger partial charge in [0.15, 0.2) is 0 Å². The van der Waals surface area contributed by atoms with Crippen LogP contribution in [0.2, 0.25) is 0 Å².